The first-order valence-electron chi connectivity index (χ1n) is 6.24. The van der Waals surface area contributed by atoms with Gasteiger partial charge in [0.1, 0.15) is 5.75 Å². The highest BCUT2D eigenvalue weighted by molar-refractivity contribution is 9.09. The number of alkyl halides is 1. The summed E-state index contributed by atoms with van der Waals surface area (Å²) in [5, 5.41) is 0.771. The molecule has 0 spiro atoms. The first kappa shape index (κ1) is 14.4. The Morgan fingerprint density at radius 1 is 1.16 bits per heavy atom. The van der Waals surface area contributed by atoms with Gasteiger partial charge in [0.2, 0.25) is 0 Å². The number of benzene rings is 2. The molecule has 0 aliphatic carbocycles. The van der Waals surface area contributed by atoms with Crippen LogP contribution in [0.5, 0.6) is 5.75 Å². The highest BCUT2D eigenvalue weighted by Crippen LogP contribution is 2.34. The summed E-state index contributed by atoms with van der Waals surface area (Å²) in [5.41, 5.74) is 3.62. The molecule has 0 heterocycles. The van der Waals surface area contributed by atoms with Gasteiger partial charge in [-0.3, -0.25) is 0 Å². The van der Waals surface area contributed by atoms with Gasteiger partial charge in [-0.05, 0) is 54.8 Å². The number of hydrogen-bond acceptors (Lipinski definition) is 1. The zero-order valence-electron chi connectivity index (χ0n) is 11.0. The third-order valence-corrected chi connectivity index (χ3v) is 4.25. The van der Waals surface area contributed by atoms with E-state index in [0.717, 1.165) is 10.8 Å². The summed E-state index contributed by atoms with van der Waals surface area (Å²) in [6.07, 6.45) is 0. The molecule has 0 saturated carbocycles. The zero-order valence-corrected chi connectivity index (χ0v) is 13.3. The van der Waals surface area contributed by atoms with Crippen LogP contribution in [-0.2, 0) is 0 Å². The molecular weight excluding hydrogens is 324 g/mol. The van der Waals surface area contributed by atoms with Crippen LogP contribution in [0.2, 0.25) is 5.02 Å². The van der Waals surface area contributed by atoms with Gasteiger partial charge in [-0.15, -0.1) is 0 Å². The molecule has 0 bridgehead atoms. The van der Waals surface area contributed by atoms with Crippen molar-refractivity contribution in [2.24, 2.45) is 0 Å². The van der Waals surface area contributed by atoms with E-state index in [-0.39, 0.29) is 4.83 Å². The Bertz CT molecular complexity index is 551. The Morgan fingerprint density at radius 2 is 1.84 bits per heavy atom. The van der Waals surface area contributed by atoms with Crippen molar-refractivity contribution in [2.75, 3.05) is 6.61 Å². The normalized spacial score (nSPS) is 12.2. The van der Waals surface area contributed by atoms with Crippen LogP contribution in [0.25, 0.3) is 0 Å². The molecule has 0 saturated heterocycles. The molecule has 1 nitrogen and oxygen atoms in total. The maximum absolute atomic E-state index is 5.99. The van der Waals surface area contributed by atoms with Crippen LogP contribution in [0.1, 0.15) is 28.4 Å². The molecule has 1 atom stereocenters. The van der Waals surface area contributed by atoms with E-state index in [1.165, 1.54) is 16.7 Å². The van der Waals surface area contributed by atoms with Gasteiger partial charge in [0.05, 0.1) is 11.4 Å². The monoisotopic (exact) mass is 338 g/mol. The molecule has 0 fully saturated rings. The maximum Gasteiger partial charge on any atom is 0.119 e. The lowest BCUT2D eigenvalue weighted by molar-refractivity contribution is 0.340. The van der Waals surface area contributed by atoms with Gasteiger partial charge in [0.15, 0.2) is 0 Å². The lowest BCUT2D eigenvalue weighted by atomic mass is 10.0. The van der Waals surface area contributed by atoms with Crippen LogP contribution in [0, 0.1) is 6.92 Å². The highest BCUT2D eigenvalue weighted by Gasteiger charge is 2.13. The molecule has 19 heavy (non-hydrogen) atoms. The van der Waals surface area contributed by atoms with Crippen molar-refractivity contribution in [3.8, 4) is 5.75 Å². The summed E-state index contributed by atoms with van der Waals surface area (Å²) < 4.78 is 5.45. The second-order valence-electron chi connectivity index (χ2n) is 4.37. The summed E-state index contributed by atoms with van der Waals surface area (Å²) in [6, 6.07) is 14.1. The van der Waals surface area contributed by atoms with Crippen molar-refractivity contribution in [2.45, 2.75) is 18.7 Å². The zero-order chi connectivity index (χ0) is 13.8. The molecule has 3 heteroatoms. The van der Waals surface area contributed by atoms with Crippen LogP contribution >= 0.6 is 27.5 Å². The topological polar surface area (TPSA) is 9.23 Å². The smallest absolute Gasteiger partial charge is 0.119 e. The summed E-state index contributed by atoms with van der Waals surface area (Å²) in [4.78, 5) is 0.167. The van der Waals surface area contributed by atoms with Crippen LogP contribution in [0.15, 0.2) is 42.5 Å². The van der Waals surface area contributed by atoms with E-state index in [1.54, 1.807) is 0 Å². The minimum Gasteiger partial charge on any atom is -0.494 e. The van der Waals surface area contributed by atoms with Gasteiger partial charge in [-0.1, -0.05) is 45.7 Å². The van der Waals surface area contributed by atoms with E-state index in [4.69, 9.17) is 16.3 Å². The van der Waals surface area contributed by atoms with Gasteiger partial charge in [0, 0.05) is 5.02 Å². The molecule has 0 aliphatic heterocycles. The van der Waals surface area contributed by atoms with Crippen molar-refractivity contribution in [1.82, 2.24) is 0 Å². The fraction of sp³-hybridized carbons (Fsp3) is 0.250. The standard InChI is InChI=1S/C16H16BrClO/c1-3-19-14-7-4-12(5-8-14)16(17)15-9-6-13(18)10-11(15)2/h4-10,16H,3H2,1-2H3. The molecule has 2 aromatic carbocycles. The first-order valence-corrected chi connectivity index (χ1v) is 7.54. The SMILES string of the molecule is CCOc1ccc(C(Br)c2ccc(Cl)cc2C)cc1. The van der Waals surface area contributed by atoms with Crippen molar-refractivity contribution in [3.05, 3.63) is 64.2 Å². The molecule has 0 N–H and O–H groups in total. The van der Waals surface area contributed by atoms with Crippen LogP contribution in [0.3, 0.4) is 0 Å². The average Bonchev–Trinajstić information content (AvgIpc) is 2.39. The molecule has 2 rings (SSSR count). The Balaban J connectivity index is 2.25. The predicted molar refractivity (Wildman–Crippen MR) is 84.6 cm³/mol. The average molecular weight is 340 g/mol. The first-order chi connectivity index (χ1) is 9.11. The van der Waals surface area contributed by atoms with Crippen molar-refractivity contribution in [3.63, 3.8) is 0 Å². The quantitative estimate of drug-likeness (QED) is 0.665. The van der Waals surface area contributed by atoms with Crippen LogP contribution in [-0.4, -0.2) is 6.61 Å². The van der Waals surface area contributed by atoms with Gasteiger partial charge in [-0.2, -0.15) is 0 Å². The van der Waals surface area contributed by atoms with E-state index in [2.05, 4.69) is 41.1 Å². The van der Waals surface area contributed by atoms with E-state index in [9.17, 15) is 0 Å². The second kappa shape index (κ2) is 6.44. The van der Waals surface area contributed by atoms with Gasteiger partial charge < -0.3 is 4.74 Å². The van der Waals surface area contributed by atoms with Gasteiger partial charge in [0.25, 0.3) is 0 Å². The van der Waals surface area contributed by atoms with E-state index < -0.39 is 0 Å². The molecule has 1 unspecified atom stereocenters. The fourth-order valence-electron chi connectivity index (χ4n) is 2.00. The minimum atomic E-state index is 0.167. The lowest BCUT2D eigenvalue weighted by Crippen LogP contribution is -1.97. The molecule has 2 aromatic rings. The summed E-state index contributed by atoms with van der Waals surface area (Å²) in [7, 11) is 0. The molecule has 0 aromatic heterocycles. The van der Waals surface area contributed by atoms with Crippen LogP contribution in [0.4, 0.5) is 0 Å². The van der Waals surface area contributed by atoms with E-state index in [1.807, 2.05) is 31.2 Å². The minimum absolute atomic E-state index is 0.167. The lowest BCUT2D eigenvalue weighted by Gasteiger charge is -2.14. The largest absolute Gasteiger partial charge is 0.494 e. The molecular formula is C16H16BrClO. The fourth-order valence-corrected chi connectivity index (χ4v) is 3.05. The Kier molecular flexibility index (Phi) is 4.89. The Morgan fingerprint density at radius 3 is 2.42 bits per heavy atom. The number of aryl methyl sites for hydroxylation is 1. The highest BCUT2D eigenvalue weighted by atomic mass is 79.9. The number of hydrogen-bond donors (Lipinski definition) is 0. The van der Waals surface area contributed by atoms with E-state index >= 15 is 0 Å². The van der Waals surface area contributed by atoms with Crippen molar-refractivity contribution < 1.29 is 4.74 Å². The van der Waals surface area contributed by atoms with Crippen molar-refractivity contribution >= 4 is 27.5 Å². The van der Waals surface area contributed by atoms with E-state index in [0.29, 0.717) is 6.61 Å². The molecule has 100 valence electrons. The Labute approximate surface area is 127 Å². The maximum atomic E-state index is 5.99. The Hall–Kier alpha value is -0.990. The number of halogens is 2. The molecule has 0 amide bonds. The van der Waals surface area contributed by atoms with Gasteiger partial charge >= 0.3 is 0 Å². The summed E-state index contributed by atoms with van der Waals surface area (Å²) in [6.45, 7) is 4.75. The number of rotatable bonds is 4. The molecule has 0 aliphatic rings. The van der Waals surface area contributed by atoms with Crippen LogP contribution < -0.4 is 4.74 Å². The van der Waals surface area contributed by atoms with Crippen molar-refractivity contribution in [1.29, 1.82) is 0 Å². The predicted octanol–water partition coefficient (Wildman–Crippen LogP) is 5.53. The third kappa shape index (κ3) is 3.52. The number of ether oxygens (including phenoxy) is 1. The second-order valence-corrected chi connectivity index (χ2v) is 5.72. The molecule has 0 radical (unpaired) electrons. The summed E-state index contributed by atoms with van der Waals surface area (Å²) >= 11 is 9.74. The summed E-state index contributed by atoms with van der Waals surface area (Å²) in [5.74, 6) is 0.902. The third-order valence-electron chi connectivity index (χ3n) is 2.99. The van der Waals surface area contributed by atoms with Gasteiger partial charge in [-0.25, -0.2) is 0 Å².